The highest BCUT2D eigenvalue weighted by molar-refractivity contribution is 5.95. The molecule has 6 nitrogen and oxygen atoms in total. The van der Waals surface area contributed by atoms with Gasteiger partial charge in [-0.2, -0.15) is 17.6 Å². The second kappa shape index (κ2) is 9.77. The summed E-state index contributed by atoms with van der Waals surface area (Å²) in [5, 5.41) is 3.48. The molecule has 10 heteroatoms. The molecule has 0 aliphatic heterocycles. The van der Waals surface area contributed by atoms with Gasteiger partial charge in [-0.3, -0.25) is 9.59 Å². The van der Waals surface area contributed by atoms with Gasteiger partial charge in [0.2, 0.25) is 0 Å². The maximum atomic E-state index is 13.6. The van der Waals surface area contributed by atoms with Crippen molar-refractivity contribution >= 4 is 11.8 Å². The summed E-state index contributed by atoms with van der Waals surface area (Å²) in [5.41, 5.74) is 0. The Bertz CT molecular complexity index is 380. The number of hydrogen-bond acceptors (Lipinski definition) is 4. The quantitative estimate of drug-likeness (QED) is 0.414. The molecule has 0 heterocycles. The third kappa shape index (κ3) is 7.00. The SMILES string of the molecule is CN(C)CCCNC(=O)C(F)(F)C(F)(F)C(=O)NCCCN(C)C. The number of nitrogens with one attached hydrogen (secondary N) is 2. The lowest BCUT2D eigenvalue weighted by Gasteiger charge is -2.24. The molecular formula is C14H26F4N4O2. The van der Waals surface area contributed by atoms with Crippen molar-refractivity contribution in [2.45, 2.75) is 24.7 Å². The Balaban J connectivity index is 4.54. The second-order valence-corrected chi connectivity index (χ2v) is 5.97. The Morgan fingerprint density at radius 3 is 1.29 bits per heavy atom. The van der Waals surface area contributed by atoms with Crippen molar-refractivity contribution in [1.82, 2.24) is 20.4 Å². The minimum absolute atomic E-state index is 0.187. The second-order valence-electron chi connectivity index (χ2n) is 5.97. The first-order valence-corrected chi connectivity index (χ1v) is 7.54. The first-order valence-electron chi connectivity index (χ1n) is 7.54. The predicted molar refractivity (Wildman–Crippen MR) is 82.3 cm³/mol. The normalized spacial score (nSPS) is 12.6. The molecule has 0 fully saturated rings. The van der Waals surface area contributed by atoms with Crippen molar-refractivity contribution in [1.29, 1.82) is 0 Å². The highest BCUT2D eigenvalue weighted by Gasteiger charge is 2.66. The van der Waals surface area contributed by atoms with Gasteiger partial charge in [-0.15, -0.1) is 0 Å². The molecular weight excluding hydrogens is 332 g/mol. The third-order valence-electron chi connectivity index (χ3n) is 3.10. The van der Waals surface area contributed by atoms with E-state index in [2.05, 4.69) is 0 Å². The predicted octanol–water partition coefficient (Wildman–Crippen LogP) is 0.393. The summed E-state index contributed by atoms with van der Waals surface area (Å²) in [4.78, 5) is 26.2. The van der Waals surface area contributed by atoms with Gasteiger partial charge < -0.3 is 20.4 Å². The van der Waals surface area contributed by atoms with Crippen LogP contribution in [-0.4, -0.2) is 87.8 Å². The monoisotopic (exact) mass is 358 g/mol. The summed E-state index contributed by atoms with van der Waals surface area (Å²) in [6.07, 6.45) is 0.633. The van der Waals surface area contributed by atoms with Gasteiger partial charge in [0.25, 0.3) is 11.8 Å². The molecule has 0 aliphatic rings. The molecule has 0 atom stereocenters. The number of hydrogen-bond donors (Lipinski definition) is 2. The van der Waals surface area contributed by atoms with Crippen LogP contribution in [0.15, 0.2) is 0 Å². The van der Waals surface area contributed by atoms with E-state index in [-0.39, 0.29) is 13.1 Å². The van der Waals surface area contributed by atoms with Crippen LogP contribution in [0, 0.1) is 0 Å². The van der Waals surface area contributed by atoms with E-state index in [1.165, 1.54) is 0 Å². The van der Waals surface area contributed by atoms with Crippen molar-refractivity contribution in [3.63, 3.8) is 0 Å². The number of halogens is 4. The lowest BCUT2D eigenvalue weighted by atomic mass is 10.1. The first-order chi connectivity index (χ1) is 10.9. The number of alkyl halides is 4. The van der Waals surface area contributed by atoms with E-state index >= 15 is 0 Å². The average molecular weight is 358 g/mol. The van der Waals surface area contributed by atoms with Crippen molar-refractivity contribution in [3.8, 4) is 0 Å². The molecule has 0 spiro atoms. The Kier molecular flexibility index (Phi) is 9.20. The molecule has 0 saturated heterocycles. The molecule has 0 aromatic heterocycles. The van der Waals surface area contributed by atoms with Crippen LogP contribution in [0.4, 0.5) is 17.6 Å². The van der Waals surface area contributed by atoms with Gasteiger partial charge in [0, 0.05) is 13.1 Å². The van der Waals surface area contributed by atoms with Gasteiger partial charge in [-0.1, -0.05) is 0 Å². The van der Waals surface area contributed by atoms with E-state index in [4.69, 9.17) is 0 Å². The lowest BCUT2D eigenvalue weighted by Crippen LogP contribution is -2.59. The van der Waals surface area contributed by atoms with Gasteiger partial charge in [0.1, 0.15) is 0 Å². The van der Waals surface area contributed by atoms with Crippen molar-refractivity contribution in [2.24, 2.45) is 0 Å². The molecule has 142 valence electrons. The van der Waals surface area contributed by atoms with Crippen LogP contribution in [0.2, 0.25) is 0 Å². The maximum Gasteiger partial charge on any atom is 0.395 e. The minimum atomic E-state index is -5.11. The number of rotatable bonds is 11. The number of amides is 2. The number of carbonyl (C=O) groups excluding carboxylic acids is 2. The molecule has 0 unspecified atom stereocenters. The van der Waals surface area contributed by atoms with Crippen molar-refractivity contribution in [3.05, 3.63) is 0 Å². The molecule has 0 aliphatic carbocycles. The van der Waals surface area contributed by atoms with E-state index in [1.54, 1.807) is 48.6 Å². The molecule has 0 rings (SSSR count). The molecule has 0 bridgehead atoms. The molecule has 0 radical (unpaired) electrons. The van der Waals surface area contributed by atoms with E-state index in [0.717, 1.165) is 0 Å². The highest BCUT2D eigenvalue weighted by Crippen LogP contribution is 2.34. The smallest absolute Gasteiger partial charge is 0.351 e. The van der Waals surface area contributed by atoms with E-state index in [0.29, 0.717) is 25.9 Å². The summed E-state index contributed by atoms with van der Waals surface area (Å²) in [6.45, 7) is 0.615. The third-order valence-corrected chi connectivity index (χ3v) is 3.10. The average Bonchev–Trinajstić information content (AvgIpc) is 2.46. The Labute approximate surface area is 139 Å². The van der Waals surface area contributed by atoms with Gasteiger partial charge in [0.05, 0.1) is 0 Å². The first kappa shape index (κ1) is 22.6. The minimum Gasteiger partial charge on any atom is -0.351 e. The summed E-state index contributed by atoms with van der Waals surface area (Å²) >= 11 is 0. The molecule has 2 amide bonds. The van der Waals surface area contributed by atoms with Crippen LogP contribution in [0.1, 0.15) is 12.8 Å². The van der Waals surface area contributed by atoms with E-state index < -0.39 is 23.7 Å². The molecule has 2 N–H and O–H groups in total. The van der Waals surface area contributed by atoms with Crippen LogP contribution < -0.4 is 10.6 Å². The zero-order valence-corrected chi connectivity index (χ0v) is 14.5. The van der Waals surface area contributed by atoms with E-state index in [9.17, 15) is 27.2 Å². The molecule has 0 aromatic rings. The molecule has 24 heavy (non-hydrogen) atoms. The van der Waals surface area contributed by atoms with Crippen LogP contribution in [0.5, 0.6) is 0 Å². The fourth-order valence-corrected chi connectivity index (χ4v) is 1.70. The molecule has 0 saturated carbocycles. The Morgan fingerprint density at radius 2 is 1.04 bits per heavy atom. The van der Waals surface area contributed by atoms with Crippen molar-refractivity contribution < 1.29 is 27.2 Å². The number of carbonyl (C=O) groups is 2. The topological polar surface area (TPSA) is 64.7 Å². The van der Waals surface area contributed by atoms with Gasteiger partial charge in [0.15, 0.2) is 0 Å². The summed E-state index contributed by atoms with van der Waals surface area (Å²) in [5.74, 6) is -14.5. The zero-order valence-electron chi connectivity index (χ0n) is 14.5. The lowest BCUT2D eigenvalue weighted by molar-refractivity contribution is -0.211. The van der Waals surface area contributed by atoms with Crippen molar-refractivity contribution in [2.75, 3.05) is 54.4 Å². The summed E-state index contributed by atoms with van der Waals surface area (Å²) < 4.78 is 54.5. The summed E-state index contributed by atoms with van der Waals surface area (Å²) in [6, 6.07) is 0. The standard InChI is InChI=1S/C14H26F4N4O2/c1-21(2)9-5-7-19-11(23)13(15,16)14(17,18)12(24)20-8-6-10-22(3)4/h5-10H2,1-4H3,(H,19,23)(H,20,24). The van der Waals surface area contributed by atoms with Gasteiger partial charge in [-0.25, -0.2) is 0 Å². The number of nitrogens with zero attached hydrogens (tertiary/aromatic N) is 2. The van der Waals surface area contributed by atoms with Gasteiger partial charge >= 0.3 is 11.8 Å². The fraction of sp³-hybridized carbons (Fsp3) is 0.857. The van der Waals surface area contributed by atoms with Crippen LogP contribution in [0.25, 0.3) is 0 Å². The van der Waals surface area contributed by atoms with E-state index in [1.807, 2.05) is 0 Å². The molecule has 0 aromatic carbocycles. The largest absolute Gasteiger partial charge is 0.395 e. The fourth-order valence-electron chi connectivity index (χ4n) is 1.70. The van der Waals surface area contributed by atoms with Crippen LogP contribution >= 0.6 is 0 Å². The Morgan fingerprint density at radius 1 is 0.750 bits per heavy atom. The van der Waals surface area contributed by atoms with Crippen LogP contribution in [-0.2, 0) is 9.59 Å². The summed E-state index contributed by atoms with van der Waals surface area (Å²) in [7, 11) is 6.97. The highest BCUT2D eigenvalue weighted by atomic mass is 19.3. The Hall–Kier alpha value is -1.42. The maximum absolute atomic E-state index is 13.6. The zero-order chi connectivity index (χ0) is 19.0. The van der Waals surface area contributed by atoms with Gasteiger partial charge in [-0.05, 0) is 54.1 Å². The van der Waals surface area contributed by atoms with Crippen LogP contribution in [0.3, 0.4) is 0 Å².